The summed E-state index contributed by atoms with van der Waals surface area (Å²) in [5, 5.41) is 15.8. The van der Waals surface area contributed by atoms with Crippen LogP contribution in [0.4, 0.5) is 0 Å². The lowest BCUT2D eigenvalue weighted by molar-refractivity contribution is -0.137. The van der Waals surface area contributed by atoms with Gasteiger partial charge in [-0.15, -0.1) is 0 Å². The SMILES string of the molecule is O=C(O)CCCCc1nc(C2CCCCC2)n[nH]1. The van der Waals surface area contributed by atoms with Crippen LogP contribution in [0.2, 0.25) is 0 Å². The molecular weight excluding hydrogens is 230 g/mol. The summed E-state index contributed by atoms with van der Waals surface area (Å²) in [6.07, 6.45) is 8.91. The second-order valence-corrected chi connectivity index (χ2v) is 5.08. The zero-order valence-corrected chi connectivity index (χ0v) is 10.7. The number of nitrogens with one attached hydrogen (secondary N) is 1. The molecule has 0 radical (unpaired) electrons. The van der Waals surface area contributed by atoms with Gasteiger partial charge < -0.3 is 5.11 Å². The Morgan fingerprint density at radius 3 is 2.78 bits per heavy atom. The zero-order chi connectivity index (χ0) is 12.8. The number of aromatic nitrogens is 3. The van der Waals surface area contributed by atoms with E-state index in [0.29, 0.717) is 12.3 Å². The molecule has 0 unspecified atom stereocenters. The number of carboxylic acid groups (broad SMARTS) is 1. The van der Waals surface area contributed by atoms with Crippen LogP contribution in [-0.4, -0.2) is 26.3 Å². The summed E-state index contributed by atoms with van der Waals surface area (Å²) < 4.78 is 0. The van der Waals surface area contributed by atoms with Gasteiger partial charge in [0.05, 0.1) is 0 Å². The molecule has 1 aromatic heterocycles. The first-order valence-electron chi connectivity index (χ1n) is 6.88. The van der Waals surface area contributed by atoms with E-state index in [9.17, 15) is 4.79 Å². The minimum atomic E-state index is -0.726. The molecule has 0 bridgehead atoms. The number of carboxylic acids is 1. The molecule has 1 aliphatic rings. The third-order valence-electron chi connectivity index (χ3n) is 3.57. The molecule has 0 atom stereocenters. The Balaban J connectivity index is 1.76. The Morgan fingerprint density at radius 1 is 1.28 bits per heavy atom. The largest absolute Gasteiger partial charge is 0.481 e. The Hall–Kier alpha value is -1.39. The minimum Gasteiger partial charge on any atom is -0.481 e. The van der Waals surface area contributed by atoms with Crippen molar-refractivity contribution in [1.29, 1.82) is 0 Å². The van der Waals surface area contributed by atoms with Gasteiger partial charge in [-0.1, -0.05) is 19.3 Å². The molecule has 0 aromatic carbocycles. The number of hydrogen-bond donors (Lipinski definition) is 2. The highest BCUT2D eigenvalue weighted by atomic mass is 16.4. The highest BCUT2D eigenvalue weighted by molar-refractivity contribution is 5.66. The van der Waals surface area contributed by atoms with Gasteiger partial charge in [-0.2, -0.15) is 5.10 Å². The number of rotatable bonds is 6. The number of aryl methyl sites for hydroxylation is 1. The molecular formula is C13H21N3O2. The molecule has 1 heterocycles. The average Bonchev–Trinajstić information content (AvgIpc) is 2.84. The van der Waals surface area contributed by atoms with E-state index in [-0.39, 0.29) is 6.42 Å². The highest BCUT2D eigenvalue weighted by Gasteiger charge is 2.19. The molecule has 2 N–H and O–H groups in total. The second-order valence-electron chi connectivity index (χ2n) is 5.08. The molecule has 2 rings (SSSR count). The van der Waals surface area contributed by atoms with E-state index in [1.165, 1.54) is 32.1 Å². The number of H-pyrrole nitrogens is 1. The number of aliphatic carboxylic acids is 1. The maximum absolute atomic E-state index is 10.4. The quantitative estimate of drug-likeness (QED) is 0.762. The number of hydrogen-bond acceptors (Lipinski definition) is 3. The molecule has 18 heavy (non-hydrogen) atoms. The summed E-state index contributed by atoms with van der Waals surface area (Å²) in [6, 6.07) is 0. The van der Waals surface area contributed by atoms with Crippen molar-refractivity contribution in [1.82, 2.24) is 15.2 Å². The maximum Gasteiger partial charge on any atom is 0.303 e. The lowest BCUT2D eigenvalue weighted by atomic mass is 9.89. The van der Waals surface area contributed by atoms with Gasteiger partial charge in [0.2, 0.25) is 0 Å². The van der Waals surface area contributed by atoms with E-state index in [1.54, 1.807) is 0 Å². The molecule has 0 amide bonds. The maximum atomic E-state index is 10.4. The smallest absolute Gasteiger partial charge is 0.303 e. The molecule has 1 aromatic rings. The van der Waals surface area contributed by atoms with E-state index in [0.717, 1.165) is 24.5 Å². The third kappa shape index (κ3) is 3.82. The van der Waals surface area contributed by atoms with Gasteiger partial charge in [0.15, 0.2) is 5.82 Å². The third-order valence-corrected chi connectivity index (χ3v) is 3.57. The molecule has 100 valence electrons. The van der Waals surface area contributed by atoms with E-state index in [2.05, 4.69) is 15.2 Å². The monoisotopic (exact) mass is 251 g/mol. The van der Waals surface area contributed by atoms with Gasteiger partial charge in [0.1, 0.15) is 5.82 Å². The summed E-state index contributed by atoms with van der Waals surface area (Å²) in [6.45, 7) is 0. The number of unbranched alkanes of at least 4 members (excludes halogenated alkanes) is 1. The van der Waals surface area contributed by atoms with Crippen LogP contribution in [0.15, 0.2) is 0 Å². The normalized spacial score (nSPS) is 16.9. The van der Waals surface area contributed by atoms with Gasteiger partial charge in [0.25, 0.3) is 0 Å². The Bertz CT molecular complexity index is 383. The molecule has 0 saturated heterocycles. The first-order chi connectivity index (χ1) is 8.75. The summed E-state index contributed by atoms with van der Waals surface area (Å²) in [5.41, 5.74) is 0. The summed E-state index contributed by atoms with van der Waals surface area (Å²) >= 11 is 0. The fourth-order valence-corrected chi connectivity index (χ4v) is 2.53. The molecule has 1 saturated carbocycles. The fourth-order valence-electron chi connectivity index (χ4n) is 2.53. The number of aromatic amines is 1. The van der Waals surface area contributed by atoms with Crippen molar-refractivity contribution in [2.75, 3.05) is 0 Å². The van der Waals surface area contributed by atoms with Gasteiger partial charge in [-0.05, 0) is 25.7 Å². The highest BCUT2D eigenvalue weighted by Crippen LogP contribution is 2.30. The average molecular weight is 251 g/mol. The molecule has 0 spiro atoms. The lowest BCUT2D eigenvalue weighted by Crippen LogP contribution is -2.06. The topological polar surface area (TPSA) is 78.9 Å². The first kappa shape index (κ1) is 13.1. The van der Waals surface area contributed by atoms with Crippen molar-refractivity contribution in [3.05, 3.63) is 11.6 Å². The van der Waals surface area contributed by atoms with Crippen molar-refractivity contribution in [3.63, 3.8) is 0 Å². The van der Waals surface area contributed by atoms with Crippen molar-refractivity contribution in [2.24, 2.45) is 0 Å². The summed E-state index contributed by atoms with van der Waals surface area (Å²) in [7, 11) is 0. The van der Waals surface area contributed by atoms with Crippen LogP contribution < -0.4 is 0 Å². The standard InChI is InChI=1S/C13H21N3O2/c17-12(18)9-5-4-8-11-14-13(16-15-11)10-6-2-1-3-7-10/h10H,1-9H2,(H,17,18)(H,14,15,16). The molecule has 1 fully saturated rings. The summed E-state index contributed by atoms with van der Waals surface area (Å²) in [5.74, 6) is 1.67. The number of carbonyl (C=O) groups is 1. The van der Waals surface area contributed by atoms with Crippen LogP contribution in [0.5, 0.6) is 0 Å². The molecule has 0 aliphatic heterocycles. The van der Waals surface area contributed by atoms with E-state index >= 15 is 0 Å². The Kier molecular flexibility index (Phi) is 4.73. The van der Waals surface area contributed by atoms with Crippen LogP contribution >= 0.6 is 0 Å². The first-order valence-corrected chi connectivity index (χ1v) is 6.88. The van der Waals surface area contributed by atoms with Crippen molar-refractivity contribution in [2.45, 2.75) is 63.7 Å². The van der Waals surface area contributed by atoms with Crippen molar-refractivity contribution < 1.29 is 9.90 Å². The molecule has 5 heteroatoms. The molecule has 5 nitrogen and oxygen atoms in total. The zero-order valence-electron chi connectivity index (χ0n) is 10.7. The second kappa shape index (κ2) is 6.52. The predicted octanol–water partition coefficient (Wildman–Crippen LogP) is 2.65. The van der Waals surface area contributed by atoms with Crippen LogP contribution in [0, 0.1) is 0 Å². The van der Waals surface area contributed by atoms with Gasteiger partial charge in [0, 0.05) is 18.8 Å². The van der Waals surface area contributed by atoms with Crippen LogP contribution in [0.1, 0.15) is 68.9 Å². The van der Waals surface area contributed by atoms with Gasteiger partial charge >= 0.3 is 5.97 Å². The van der Waals surface area contributed by atoms with E-state index in [4.69, 9.17) is 5.11 Å². The van der Waals surface area contributed by atoms with Gasteiger partial charge in [-0.25, -0.2) is 4.98 Å². The van der Waals surface area contributed by atoms with Gasteiger partial charge in [-0.3, -0.25) is 9.89 Å². The predicted molar refractivity (Wildman–Crippen MR) is 67.4 cm³/mol. The van der Waals surface area contributed by atoms with Crippen LogP contribution in [0.3, 0.4) is 0 Å². The van der Waals surface area contributed by atoms with Crippen LogP contribution in [-0.2, 0) is 11.2 Å². The fraction of sp³-hybridized carbons (Fsp3) is 0.769. The summed E-state index contributed by atoms with van der Waals surface area (Å²) in [4.78, 5) is 14.9. The van der Waals surface area contributed by atoms with Crippen molar-refractivity contribution >= 4 is 5.97 Å². The lowest BCUT2D eigenvalue weighted by Gasteiger charge is -2.17. The van der Waals surface area contributed by atoms with E-state index in [1.807, 2.05) is 0 Å². The molecule has 1 aliphatic carbocycles. The Labute approximate surface area is 107 Å². The van der Waals surface area contributed by atoms with Crippen molar-refractivity contribution in [3.8, 4) is 0 Å². The van der Waals surface area contributed by atoms with Crippen LogP contribution in [0.25, 0.3) is 0 Å². The Morgan fingerprint density at radius 2 is 2.06 bits per heavy atom. The number of nitrogens with zero attached hydrogens (tertiary/aromatic N) is 2. The van der Waals surface area contributed by atoms with E-state index < -0.39 is 5.97 Å². The minimum absolute atomic E-state index is 0.240.